The molecule has 7 nitrogen and oxygen atoms in total. The molecule has 0 saturated heterocycles. The average Bonchev–Trinajstić information content (AvgIpc) is 2.60. The van der Waals surface area contributed by atoms with Crippen LogP contribution in [0, 0.1) is 11.3 Å². The van der Waals surface area contributed by atoms with E-state index >= 15 is 0 Å². The molecule has 2 aromatic rings. The molecule has 1 N–H and O–H groups in total. The van der Waals surface area contributed by atoms with E-state index in [0.29, 0.717) is 16.3 Å². The number of carbonyl (C=O) groups excluding carboxylic acids is 1. The van der Waals surface area contributed by atoms with Crippen molar-refractivity contribution in [1.29, 1.82) is 5.26 Å². The summed E-state index contributed by atoms with van der Waals surface area (Å²) in [5, 5.41) is 12.1. The van der Waals surface area contributed by atoms with Crippen molar-refractivity contribution in [2.24, 2.45) is 0 Å². The number of benzene rings is 1. The molecule has 0 unspecified atom stereocenters. The molecule has 25 heavy (non-hydrogen) atoms. The Kier molecular flexibility index (Phi) is 6.14. The van der Waals surface area contributed by atoms with Gasteiger partial charge < -0.3 is 5.32 Å². The number of carbonyl (C=O) groups is 1. The van der Waals surface area contributed by atoms with Crippen LogP contribution < -0.4 is 5.32 Å². The van der Waals surface area contributed by atoms with Gasteiger partial charge >= 0.3 is 0 Å². The largest absolute Gasteiger partial charge is 0.325 e. The molecule has 0 aliphatic carbocycles. The van der Waals surface area contributed by atoms with Crippen molar-refractivity contribution in [2.45, 2.75) is 9.92 Å². The molecule has 9 heteroatoms. The lowest BCUT2D eigenvalue weighted by molar-refractivity contribution is -0.113. The predicted molar refractivity (Wildman–Crippen MR) is 95.6 cm³/mol. The molecule has 1 heterocycles. The second-order valence-electron chi connectivity index (χ2n) is 5.15. The maximum Gasteiger partial charge on any atom is 0.244 e. The van der Waals surface area contributed by atoms with Crippen LogP contribution in [0.3, 0.4) is 0 Å². The Hall–Kier alpha value is -2.41. The Balaban J connectivity index is 1.95. The highest BCUT2D eigenvalue weighted by Gasteiger charge is 2.17. The number of aromatic nitrogens is 1. The van der Waals surface area contributed by atoms with Gasteiger partial charge in [-0.05, 0) is 30.3 Å². The minimum atomic E-state index is -3.52. The molecular formula is C16H16N4O3S2. The summed E-state index contributed by atoms with van der Waals surface area (Å²) in [7, 11) is -0.620. The van der Waals surface area contributed by atoms with Crippen molar-refractivity contribution < 1.29 is 13.2 Å². The second-order valence-corrected chi connectivity index (χ2v) is 8.30. The van der Waals surface area contributed by atoms with E-state index in [4.69, 9.17) is 5.26 Å². The fourth-order valence-electron chi connectivity index (χ4n) is 1.82. The van der Waals surface area contributed by atoms with Crippen LogP contribution in [0.1, 0.15) is 5.56 Å². The van der Waals surface area contributed by atoms with E-state index in [9.17, 15) is 13.2 Å². The van der Waals surface area contributed by atoms with E-state index < -0.39 is 10.0 Å². The van der Waals surface area contributed by atoms with Gasteiger partial charge in [0.25, 0.3) is 0 Å². The van der Waals surface area contributed by atoms with Crippen LogP contribution in [0.25, 0.3) is 0 Å². The van der Waals surface area contributed by atoms with E-state index in [-0.39, 0.29) is 16.6 Å². The minimum Gasteiger partial charge on any atom is -0.325 e. The fourth-order valence-corrected chi connectivity index (χ4v) is 3.31. The van der Waals surface area contributed by atoms with Crippen LogP contribution in [-0.4, -0.2) is 43.5 Å². The number of amides is 1. The summed E-state index contributed by atoms with van der Waals surface area (Å²) >= 11 is 1.19. The van der Waals surface area contributed by atoms with Crippen LogP contribution in [0.2, 0.25) is 0 Å². The first-order valence-corrected chi connectivity index (χ1v) is 9.57. The summed E-state index contributed by atoms with van der Waals surface area (Å²) in [4.78, 5) is 16.1. The topological polar surface area (TPSA) is 103 Å². The van der Waals surface area contributed by atoms with Gasteiger partial charge in [-0.3, -0.25) is 4.79 Å². The van der Waals surface area contributed by atoms with E-state index in [1.807, 2.05) is 6.07 Å². The van der Waals surface area contributed by atoms with Crippen molar-refractivity contribution in [3.63, 3.8) is 0 Å². The summed E-state index contributed by atoms with van der Waals surface area (Å²) in [5.41, 5.74) is 1.01. The van der Waals surface area contributed by atoms with Gasteiger partial charge in [-0.15, -0.1) is 0 Å². The molecule has 0 spiro atoms. The number of sulfonamides is 1. The lowest BCUT2D eigenvalue weighted by Gasteiger charge is -2.11. The van der Waals surface area contributed by atoms with Crippen LogP contribution in [-0.2, 0) is 14.8 Å². The van der Waals surface area contributed by atoms with Crippen molar-refractivity contribution in [2.75, 3.05) is 25.2 Å². The molecule has 1 aromatic heterocycles. The zero-order chi connectivity index (χ0) is 18.4. The van der Waals surface area contributed by atoms with Gasteiger partial charge in [0.15, 0.2) is 0 Å². The number of rotatable bonds is 6. The second kappa shape index (κ2) is 8.11. The standard InChI is InChI=1S/C16H16N4O3S2/c1-20(2)25(22,23)14-6-7-16(18-10-14)24-11-15(21)19-13-5-3-4-12(8-13)9-17/h3-8,10H,11H2,1-2H3,(H,19,21). The van der Waals surface area contributed by atoms with Crippen molar-refractivity contribution in [3.05, 3.63) is 48.2 Å². The molecule has 1 amide bonds. The highest BCUT2D eigenvalue weighted by molar-refractivity contribution is 7.99. The third-order valence-corrected chi connectivity index (χ3v) is 5.86. The molecule has 2 rings (SSSR count). The summed E-state index contributed by atoms with van der Waals surface area (Å²) < 4.78 is 25.0. The van der Waals surface area contributed by atoms with Gasteiger partial charge in [-0.1, -0.05) is 17.8 Å². The van der Waals surface area contributed by atoms with Gasteiger partial charge in [0.2, 0.25) is 15.9 Å². The number of hydrogen-bond acceptors (Lipinski definition) is 6. The number of pyridine rings is 1. The fraction of sp³-hybridized carbons (Fsp3) is 0.188. The molecular weight excluding hydrogens is 360 g/mol. The van der Waals surface area contributed by atoms with Gasteiger partial charge in [-0.25, -0.2) is 17.7 Å². The molecule has 1 aromatic carbocycles. The maximum atomic E-state index is 12.0. The Morgan fingerprint density at radius 3 is 2.68 bits per heavy atom. The zero-order valence-electron chi connectivity index (χ0n) is 13.6. The predicted octanol–water partition coefficient (Wildman–Crippen LogP) is 1.93. The van der Waals surface area contributed by atoms with Crippen LogP contribution in [0.4, 0.5) is 5.69 Å². The van der Waals surface area contributed by atoms with Crippen molar-refractivity contribution >= 4 is 33.4 Å². The molecule has 0 fully saturated rings. The van der Waals surface area contributed by atoms with E-state index in [0.717, 1.165) is 4.31 Å². The average molecular weight is 376 g/mol. The van der Waals surface area contributed by atoms with Crippen LogP contribution >= 0.6 is 11.8 Å². The number of nitriles is 1. The molecule has 0 saturated carbocycles. The summed E-state index contributed by atoms with van der Waals surface area (Å²) in [6, 6.07) is 11.6. The first-order chi connectivity index (χ1) is 11.8. The lowest BCUT2D eigenvalue weighted by Crippen LogP contribution is -2.22. The number of nitrogens with one attached hydrogen (secondary N) is 1. The number of thioether (sulfide) groups is 1. The first kappa shape index (κ1) is 18.9. The normalized spacial score (nSPS) is 11.1. The minimum absolute atomic E-state index is 0.0969. The van der Waals surface area contributed by atoms with E-state index in [1.54, 1.807) is 30.3 Å². The molecule has 0 bridgehead atoms. The smallest absolute Gasteiger partial charge is 0.244 e. The molecule has 0 aliphatic rings. The van der Waals surface area contributed by atoms with Crippen LogP contribution in [0.15, 0.2) is 52.5 Å². The number of hydrogen-bond donors (Lipinski definition) is 1. The Bertz CT molecular complexity index is 904. The van der Waals surface area contributed by atoms with E-state index in [2.05, 4.69) is 10.3 Å². The van der Waals surface area contributed by atoms with Gasteiger partial charge in [0.05, 0.1) is 22.4 Å². The maximum absolute atomic E-state index is 12.0. The quantitative estimate of drug-likeness (QED) is 0.773. The van der Waals surface area contributed by atoms with Gasteiger partial charge in [0, 0.05) is 26.0 Å². The molecule has 0 aliphatic heterocycles. The third kappa shape index (κ3) is 5.03. The third-order valence-electron chi connectivity index (χ3n) is 3.11. The van der Waals surface area contributed by atoms with Crippen molar-refractivity contribution in [1.82, 2.24) is 9.29 Å². The Labute approximate surface area is 150 Å². The monoisotopic (exact) mass is 376 g/mol. The van der Waals surface area contributed by atoms with Gasteiger partial charge in [0.1, 0.15) is 4.90 Å². The molecule has 0 atom stereocenters. The summed E-state index contributed by atoms with van der Waals surface area (Å²) in [5.74, 6) is -0.129. The Morgan fingerprint density at radius 1 is 1.32 bits per heavy atom. The highest BCUT2D eigenvalue weighted by Crippen LogP contribution is 2.19. The Morgan fingerprint density at radius 2 is 2.08 bits per heavy atom. The van der Waals surface area contributed by atoms with Gasteiger partial charge in [-0.2, -0.15) is 5.26 Å². The molecule has 0 radical (unpaired) electrons. The summed E-state index contributed by atoms with van der Waals surface area (Å²) in [6.07, 6.45) is 1.27. The SMILES string of the molecule is CN(C)S(=O)(=O)c1ccc(SCC(=O)Nc2cccc(C#N)c2)nc1. The lowest BCUT2D eigenvalue weighted by atomic mass is 10.2. The molecule has 130 valence electrons. The van der Waals surface area contributed by atoms with Crippen LogP contribution in [0.5, 0.6) is 0 Å². The number of nitrogens with zero attached hydrogens (tertiary/aromatic N) is 3. The van der Waals surface area contributed by atoms with E-state index in [1.165, 1.54) is 38.1 Å². The van der Waals surface area contributed by atoms with Crippen molar-refractivity contribution in [3.8, 4) is 6.07 Å². The number of anilines is 1. The zero-order valence-corrected chi connectivity index (χ0v) is 15.3. The highest BCUT2D eigenvalue weighted by atomic mass is 32.2. The summed E-state index contributed by atoms with van der Waals surface area (Å²) in [6.45, 7) is 0. The first-order valence-electron chi connectivity index (χ1n) is 7.14.